The fourth-order valence-electron chi connectivity index (χ4n) is 4.19. The highest BCUT2D eigenvalue weighted by molar-refractivity contribution is 7.90. The lowest BCUT2D eigenvalue weighted by atomic mass is 10.1. The average molecular weight is 498 g/mol. The molecular weight excluding hydrogens is 466 g/mol. The Hall–Kier alpha value is -3.27. The van der Waals surface area contributed by atoms with Crippen molar-refractivity contribution in [1.29, 1.82) is 0 Å². The number of aryl methyl sites for hydroxylation is 2. The van der Waals surface area contributed by atoms with Gasteiger partial charge >= 0.3 is 0 Å². The van der Waals surface area contributed by atoms with Gasteiger partial charge in [-0.05, 0) is 36.6 Å². The first-order valence-corrected chi connectivity index (χ1v) is 13.8. The van der Waals surface area contributed by atoms with E-state index in [0.717, 1.165) is 56.5 Å². The van der Waals surface area contributed by atoms with E-state index in [1.807, 2.05) is 19.3 Å². The second-order valence-electron chi connectivity index (χ2n) is 8.76. The third kappa shape index (κ3) is 5.87. The van der Waals surface area contributed by atoms with Gasteiger partial charge in [-0.1, -0.05) is 20.3 Å². The minimum Gasteiger partial charge on any atom is -0.490 e. The summed E-state index contributed by atoms with van der Waals surface area (Å²) in [6.07, 6.45) is 10.7. The number of nitrogens with zero attached hydrogens (tertiary/aromatic N) is 5. The molecular formula is C25H31N5O4S. The monoisotopic (exact) mass is 497 g/mol. The van der Waals surface area contributed by atoms with E-state index in [2.05, 4.69) is 26.8 Å². The molecule has 0 radical (unpaired) electrons. The SMILES string of the molecule is CCCc1cnc(N2CCC(Oc3ccn(-c4ccc(S(C)(=O)=O)nc4CC)c(=O)c3)CC2)nc1. The standard InChI is InChI=1S/C25H31N5O4S/c1-4-6-18-16-26-25(27-17-18)29-12-9-19(10-13-29)34-20-11-14-30(24(31)15-20)22-7-8-23(35(3,32)33)28-21(22)5-2/h7-8,11,14-17,19H,4-6,9-10,12-13H2,1-3H3. The third-order valence-corrected chi connectivity index (χ3v) is 7.04. The maximum absolute atomic E-state index is 12.9. The Kier molecular flexibility index (Phi) is 7.49. The molecule has 1 aliphatic heterocycles. The lowest BCUT2D eigenvalue weighted by molar-refractivity contribution is 0.170. The van der Waals surface area contributed by atoms with Gasteiger partial charge in [-0.2, -0.15) is 0 Å². The molecule has 1 fully saturated rings. The van der Waals surface area contributed by atoms with Crippen LogP contribution in [0, 0.1) is 0 Å². The lowest BCUT2D eigenvalue weighted by Crippen LogP contribution is -2.39. The minimum atomic E-state index is -3.42. The van der Waals surface area contributed by atoms with Gasteiger partial charge in [0.25, 0.3) is 5.56 Å². The van der Waals surface area contributed by atoms with Crippen molar-refractivity contribution < 1.29 is 13.2 Å². The molecule has 0 spiro atoms. The smallest absolute Gasteiger partial charge is 0.258 e. The maximum Gasteiger partial charge on any atom is 0.258 e. The average Bonchev–Trinajstić information content (AvgIpc) is 2.84. The Morgan fingerprint density at radius 3 is 2.40 bits per heavy atom. The van der Waals surface area contributed by atoms with E-state index >= 15 is 0 Å². The van der Waals surface area contributed by atoms with Crippen molar-refractivity contribution >= 4 is 15.8 Å². The number of rotatable bonds is 8. The van der Waals surface area contributed by atoms with Crippen LogP contribution in [0.25, 0.3) is 5.69 Å². The first kappa shape index (κ1) is 24.8. The molecule has 1 aliphatic rings. The van der Waals surface area contributed by atoms with Gasteiger partial charge in [0.1, 0.15) is 11.9 Å². The molecule has 4 rings (SSSR count). The Balaban J connectivity index is 1.42. The number of ether oxygens (including phenoxy) is 1. The Morgan fingerprint density at radius 1 is 1.09 bits per heavy atom. The molecule has 3 aromatic heterocycles. The Morgan fingerprint density at radius 2 is 1.80 bits per heavy atom. The number of aromatic nitrogens is 4. The molecule has 1 saturated heterocycles. The minimum absolute atomic E-state index is 0.000234. The zero-order valence-electron chi connectivity index (χ0n) is 20.3. The molecule has 0 saturated carbocycles. The summed E-state index contributed by atoms with van der Waals surface area (Å²) in [5, 5.41) is -0.000234. The number of pyridine rings is 2. The number of hydrogen-bond donors (Lipinski definition) is 0. The predicted octanol–water partition coefficient (Wildman–Crippen LogP) is 2.99. The second kappa shape index (κ2) is 10.6. The quantitative estimate of drug-likeness (QED) is 0.467. The van der Waals surface area contributed by atoms with Gasteiger partial charge in [0, 0.05) is 56.8 Å². The number of anilines is 1. The molecule has 0 bridgehead atoms. The molecule has 0 N–H and O–H groups in total. The Bertz CT molecular complexity index is 1330. The fraction of sp³-hybridized carbons (Fsp3) is 0.440. The summed E-state index contributed by atoms with van der Waals surface area (Å²) in [7, 11) is -3.42. The van der Waals surface area contributed by atoms with Crippen LogP contribution in [0.5, 0.6) is 5.75 Å². The van der Waals surface area contributed by atoms with Crippen LogP contribution in [0.2, 0.25) is 0 Å². The van der Waals surface area contributed by atoms with Gasteiger partial charge in [-0.3, -0.25) is 9.36 Å². The van der Waals surface area contributed by atoms with Gasteiger partial charge in [0.05, 0.1) is 11.4 Å². The van der Waals surface area contributed by atoms with Crippen LogP contribution < -0.4 is 15.2 Å². The van der Waals surface area contributed by atoms with Crippen molar-refractivity contribution in [3.05, 3.63) is 64.5 Å². The van der Waals surface area contributed by atoms with Crippen LogP contribution in [0.3, 0.4) is 0 Å². The summed E-state index contributed by atoms with van der Waals surface area (Å²) in [5.74, 6) is 1.26. The van der Waals surface area contributed by atoms with Crippen LogP contribution in [0.15, 0.2) is 52.7 Å². The van der Waals surface area contributed by atoms with E-state index < -0.39 is 9.84 Å². The highest BCUT2D eigenvalue weighted by atomic mass is 32.2. The molecule has 186 valence electrons. The van der Waals surface area contributed by atoms with Crippen LogP contribution in [-0.2, 0) is 22.7 Å². The summed E-state index contributed by atoms with van der Waals surface area (Å²) in [4.78, 5) is 28.3. The van der Waals surface area contributed by atoms with Gasteiger partial charge in [0.15, 0.2) is 14.9 Å². The number of sulfone groups is 1. The Labute approximate surface area is 205 Å². The van der Waals surface area contributed by atoms with E-state index in [0.29, 0.717) is 23.6 Å². The number of hydrogen-bond acceptors (Lipinski definition) is 8. The van der Waals surface area contributed by atoms with Crippen molar-refractivity contribution in [2.45, 2.75) is 57.1 Å². The fourth-order valence-corrected chi connectivity index (χ4v) is 4.78. The normalized spacial score (nSPS) is 14.8. The van der Waals surface area contributed by atoms with Crippen LogP contribution >= 0.6 is 0 Å². The second-order valence-corrected chi connectivity index (χ2v) is 10.7. The lowest BCUT2D eigenvalue weighted by Gasteiger charge is -2.32. The summed E-state index contributed by atoms with van der Waals surface area (Å²) in [6, 6.07) is 6.27. The van der Waals surface area contributed by atoms with Crippen molar-refractivity contribution in [3.8, 4) is 11.4 Å². The molecule has 0 aliphatic carbocycles. The van der Waals surface area contributed by atoms with Crippen molar-refractivity contribution in [2.24, 2.45) is 0 Å². The molecule has 4 heterocycles. The molecule has 0 aromatic carbocycles. The first-order valence-electron chi connectivity index (χ1n) is 11.9. The summed E-state index contributed by atoms with van der Waals surface area (Å²) >= 11 is 0. The zero-order valence-corrected chi connectivity index (χ0v) is 21.2. The molecule has 35 heavy (non-hydrogen) atoms. The van der Waals surface area contributed by atoms with Crippen molar-refractivity contribution in [1.82, 2.24) is 19.5 Å². The third-order valence-electron chi connectivity index (χ3n) is 6.05. The first-order chi connectivity index (χ1) is 16.8. The molecule has 10 heteroatoms. The summed E-state index contributed by atoms with van der Waals surface area (Å²) < 4.78 is 31.2. The van der Waals surface area contributed by atoms with Gasteiger partial charge < -0.3 is 9.64 Å². The van der Waals surface area contributed by atoms with E-state index in [4.69, 9.17) is 4.74 Å². The van der Waals surface area contributed by atoms with Crippen LogP contribution in [-0.4, -0.2) is 53.4 Å². The predicted molar refractivity (Wildman–Crippen MR) is 134 cm³/mol. The molecule has 0 atom stereocenters. The van der Waals surface area contributed by atoms with Crippen molar-refractivity contribution in [3.63, 3.8) is 0 Å². The number of piperidine rings is 1. The molecule has 3 aromatic rings. The topological polar surface area (TPSA) is 107 Å². The highest BCUT2D eigenvalue weighted by Crippen LogP contribution is 2.22. The largest absolute Gasteiger partial charge is 0.490 e. The molecule has 9 nitrogen and oxygen atoms in total. The summed E-state index contributed by atoms with van der Waals surface area (Å²) in [5.41, 5.74) is 2.00. The van der Waals surface area contributed by atoms with Crippen LogP contribution in [0.4, 0.5) is 5.95 Å². The molecule has 0 unspecified atom stereocenters. The zero-order chi connectivity index (χ0) is 25.0. The van der Waals surface area contributed by atoms with Gasteiger partial charge in [0.2, 0.25) is 5.95 Å². The highest BCUT2D eigenvalue weighted by Gasteiger charge is 2.23. The molecule has 0 amide bonds. The van der Waals surface area contributed by atoms with E-state index in [-0.39, 0.29) is 16.7 Å². The summed E-state index contributed by atoms with van der Waals surface area (Å²) in [6.45, 7) is 5.58. The van der Waals surface area contributed by atoms with E-state index in [9.17, 15) is 13.2 Å². The van der Waals surface area contributed by atoms with E-state index in [1.54, 1.807) is 18.3 Å². The van der Waals surface area contributed by atoms with Gasteiger partial charge in [-0.15, -0.1) is 0 Å². The van der Waals surface area contributed by atoms with Crippen molar-refractivity contribution in [2.75, 3.05) is 24.2 Å². The van der Waals surface area contributed by atoms with Gasteiger partial charge in [-0.25, -0.2) is 23.4 Å². The van der Waals surface area contributed by atoms with Crippen LogP contribution in [0.1, 0.15) is 44.4 Å². The van der Waals surface area contributed by atoms with E-state index in [1.165, 1.54) is 16.7 Å². The maximum atomic E-state index is 12.9.